The molecular formula is C12H13BrN2. The molecule has 1 fully saturated rings. The monoisotopic (exact) mass is 264 g/mol. The normalized spacial score (nSPS) is 15.5. The molecule has 1 aliphatic carbocycles. The number of rotatable bonds is 2. The molecule has 1 aromatic carbocycles. The summed E-state index contributed by atoms with van der Waals surface area (Å²) in [5.74, 6) is 0. The third kappa shape index (κ3) is 2.00. The average Bonchev–Trinajstić information content (AvgIpc) is 2.14. The van der Waals surface area contributed by atoms with Crippen LogP contribution in [0.25, 0.3) is 0 Å². The summed E-state index contributed by atoms with van der Waals surface area (Å²) in [5.41, 5.74) is 1.80. The number of nitriles is 1. The molecule has 1 saturated carbocycles. The highest BCUT2D eigenvalue weighted by molar-refractivity contribution is 9.10. The van der Waals surface area contributed by atoms with Crippen LogP contribution in [-0.2, 0) is 0 Å². The Morgan fingerprint density at radius 2 is 2.20 bits per heavy atom. The van der Waals surface area contributed by atoms with E-state index in [9.17, 15) is 0 Å². The Morgan fingerprint density at radius 1 is 1.47 bits per heavy atom. The second kappa shape index (κ2) is 4.24. The zero-order chi connectivity index (χ0) is 10.8. The van der Waals surface area contributed by atoms with E-state index in [0.29, 0.717) is 6.04 Å². The fourth-order valence-electron chi connectivity index (χ4n) is 1.88. The predicted molar refractivity (Wildman–Crippen MR) is 64.9 cm³/mol. The number of hydrogen-bond acceptors (Lipinski definition) is 2. The molecule has 0 spiro atoms. The Balaban J connectivity index is 2.30. The Hall–Kier alpha value is -1.01. The van der Waals surface area contributed by atoms with Gasteiger partial charge in [-0.3, -0.25) is 0 Å². The molecule has 0 radical (unpaired) electrons. The van der Waals surface area contributed by atoms with E-state index in [1.165, 1.54) is 19.3 Å². The maximum Gasteiger partial charge on any atom is 0.101 e. The van der Waals surface area contributed by atoms with Crippen molar-refractivity contribution < 1.29 is 0 Å². The third-order valence-electron chi connectivity index (χ3n) is 3.08. The maximum atomic E-state index is 9.07. The predicted octanol–water partition coefficient (Wildman–Crippen LogP) is 3.31. The van der Waals surface area contributed by atoms with Crippen LogP contribution >= 0.6 is 15.9 Å². The molecule has 0 heterocycles. The topological polar surface area (TPSA) is 27.0 Å². The first-order valence-electron chi connectivity index (χ1n) is 5.15. The van der Waals surface area contributed by atoms with Gasteiger partial charge in [0.2, 0.25) is 0 Å². The summed E-state index contributed by atoms with van der Waals surface area (Å²) in [4.78, 5) is 2.23. The van der Waals surface area contributed by atoms with Crippen LogP contribution in [0.15, 0.2) is 22.7 Å². The van der Waals surface area contributed by atoms with E-state index < -0.39 is 0 Å². The summed E-state index contributed by atoms with van der Waals surface area (Å²) in [7, 11) is 2.08. The van der Waals surface area contributed by atoms with Crippen LogP contribution in [0.5, 0.6) is 0 Å². The molecule has 15 heavy (non-hydrogen) atoms. The molecule has 2 nitrogen and oxygen atoms in total. The van der Waals surface area contributed by atoms with Crippen molar-refractivity contribution in [2.45, 2.75) is 25.3 Å². The molecule has 0 amide bonds. The van der Waals surface area contributed by atoms with Crippen LogP contribution < -0.4 is 4.90 Å². The van der Waals surface area contributed by atoms with Crippen LogP contribution in [-0.4, -0.2) is 13.1 Å². The van der Waals surface area contributed by atoms with Gasteiger partial charge in [0.05, 0.1) is 11.3 Å². The van der Waals surface area contributed by atoms with E-state index in [0.717, 1.165) is 15.7 Å². The summed E-state index contributed by atoms with van der Waals surface area (Å²) in [6.07, 6.45) is 3.81. The van der Waals surface area contributed by atoms with Gasteiger partial charge in [-0.05, 0) is 37.5 Å². The minimum Gasteiger partial charge on any atom is -0.371 e. The summed E-state index contributed by atoms with van der Waals surface area (Å²) in [6.45, 7) is 0. The maximum absolute atomic E-state index is 9.07. The Morgan fingerprint density at radius 3 is 2.73 bits per heavy atom. The van der Waals surface area contributed by atoms with Gasteiger partial charge in [0, 0.05) is 17.6 Å². The molecule has 1 aromatic rings. The van der Waals surface area contributed by atoms with Gasteiger partial charge < -0.3 is 4.90 Å². The number of anilines is 1. The van der Waals surface area contributed by atoms with Crippen molar-refractivity contribution in [1.82, 2.24) is 0 Å². The second-order valence-electron chi connectivity index (χ2n) is 3.97. The summed E-state index contributed by atoms with van der Waals surface area (Å²) >= 11 is 3.38. The lowest BCUT2D eigenvalue weighted by Crippen LogP contribution is -2.37. The van der Waals surface area contributed by atoms with Crippen LogP contribution in [0.4, 0.5) is 5.69 Å². The average molecular weight is 265 g/mol. The lowest BCUT2D eigenvalue weighted by atomic mass is 9.91. The molecular weight excluding hydrogens is 252 g/mol. The molecule has 0 aliphatic heterocycles. The lowest BCUT2D eigenvalue weighted by molar-refractivity contribution is 0.401. The second-order valence-corrected chi connectivity index (χ2v) is 4.88. The molecule has 1 aliphatic rings. The Labute approximate surface area is 98.6 Å². The first-order chi connectivity index (χ1) is 7.22. The Bertz CT molecular complexity index is 405. The smallest absolute Gasteiger partial charge is 0.101 e. The number of benzene rings is 1. The SMILES string of the molecule is CN(c1ccc(Br)cc1C#N)C1CCC1. The molecule has 0 atom stereocenters. The molecule has 0 N–H and O–H groups in total. The first kappa shape index (κ1) is 10.5. The quantitative estimate of drug-likeness (QED) is 0.820. The number of halogens is 1. The summed E-state index contributed by atoms with van der Waals surface area (Å²) < 4.78 is 0.963. The van der Waals surface area contributed by atoms with Crippen LogP contribution in [0, 0.1) is 11.3 Å². The molecule has 0 unspecified atom stereocenters. The van der Waals surface area contributed by atoms with Crippen molar-refractivity contribution in [1.29, 1.82) is 5.26 Å². The van der Waals surface area contributed by atoms with Gasteiger partial charge in [-0.25, -0.2) is 0 Å². The van der Waals surface area contributed by atoms with Crippen LogP contribution in [0.1, 0.15) is 24.8 Å². The van der Waals surface area contributed by atoms with Gasteiger partial charge in [-0.15, -0.1) is 0 Å². The molecule has 2 rings (SSSR count). The fraction of sp³-hybridized carbons (Fsp3) is 0.417. The summed E-state index contributed by atoms with van der Waals surface area (Å²) in [6, 6.07) is 8.76. The highest BCUT2D eigenvalue weighted by Gasteiger charge is 2.23. The third-order valence-corrected chi connectivity index (χ3v) is 3.57. The lowest BCUT2D eigenvalue weighted by Gasteiger charge is -2.36. The van der Waals surface area contributed by atoms with E-state index in [1.807, 2.05) is 18.2 Å². The standard InChI is InChI=1S/C12H13BrN2/c1-15(11-3-2-4-11)12-6-5-10(13)7-9(12)8-14/h5-7,11H,2-4H2,1H3. The van der Waals surface area contributed by atoms with Gasteiger partial charge in [0.25, 0.3) is 0 Å². The fourth-order valence-corrected chi connectivity index (χ4v) is 2.24. The van der Waals surface area contributed by atoms with Gasteiger partial charge >= 0.3 is 0 Å². The number of hydrogen-bond donors (Lipinski definition) is 0. The molecule has 3 heteroatoms. The number of nitrogens with zero attached hydrogens (tertiary/aromatic N) is 2. The zero-order valence-electron chi connectivity index (χ0n) is 8.70. The van der Waals surface area contributed by atoms with Crippen molar-refractivity contribution >= 4 is 21.6 Å². The van der Waals surface area contributed by atoms with Gasteiger partial charge in [-0.2, -0.15) is 5.26 Å². The first-order valence-corrected chi connectivity index (χ1v) is 5.94. The zero-order valence-corrected chi connectivity index (χ0v) is 10.3. The van der Waals surface area contributed by atoms with E-state index >= 15 is 0 Å². The van der Waals surface area contributed by atoms with Gasteiger partial charge in [0.1, 0.15) is 6.07 Å². The summed E-state index contributed by atoms with van der Waals surface area (Å²) in [5, 5.41) is 9.07. The highest BCUT2D eigenvalue weighted by atomic mass is 79.9. The van der Waals surface area contributed by atoms with E-state index in [1.54, 1.807) is 0 Å². The van der Waals surface area contributed by atoms with Crippen molar-refractivity contribution in [3.05, 3.63) is 28.2 Å². The van der Waals surface area contributed by atoms with E-state index in [2.05, 4.69) is 33.9 Å². The molecule has 78 valence electrons. The van der Waals surface area contributed by atoms with E-state index in [-0.39, 0.29) is 0 Å². The van der Waals surface area contributed by atoms with Crippen LogP contribution in [0.3, 0.4) is 0 Å². The van der Waals surface area contributed by atoms with E-state index in [4.69, 9.17) is 5.26 Å². The minimum absolute atomic E-state index is 0.623. The van der Waals surface area contributed by atoms with Crippen molar-refractivity contribution in [3.8, 4) is 6.07 Å². The van der Waals surface area contributed by atoms with Crippen LogP contribution in [0.2, 0.25) is 0 Å². The highest BCUT2D eigenvalue weighted by Crippen LogP contribution is 2.31. The van der Waals surface area contributed by atoms with Crippen molar-refractivity contribution in [3.63, 3.8) is 0 Å². The van der Waals surface area contributed by atoms with Crippen molar-refractivity contribution in [2.24, 2.45) is 0 Å². The minimum atomic E-state index is 0.623. The van der Waals surface area contributed by atoms with Gasteiger partial charge in [0.15, 0.2) is 0 Å². The van der Waals surface area contributed by atoms with Crippen molar-refractivity contribution in [2.75, 3.05) is 11.9 Å². The molecule has 0 saturated heterocycles. The Kier molecular flexibility index (Phi) is 2.97. The molecule has 0 bridgehead atoms. The van der Waals surface area contributed by atoms with Gasteiger partial charge in [-0.1, -0.05) is 15.9 Å². The molecule has 0 aromatic heterocycles. The largest absolute Gasteiger partial charge is 0.371 e.